The van der Waals surface area contributed by atoms with Crippen molar-refractivity contribution in [3.8, 4) is 23.0 Å². The Kier molecular flexibility index (Phi) is 5.75. The molecule has 154 valence electrons. The van der Waals surface area contributed by atoms with Crippen molar-refractivity contribution in [2.24, 2.45) is 0 Å². The van der Waals surface area contributed by atoms with Crippen molar-refractivity contribution in [3.63, 3.8) is 0 Å². The van der Waals surface area contributed by atoms with E-state index < -0.39 is 0 Å². The minimum Gasteiger partial charge on any atom is -0.493 e. The van der Waals surface area contributed by atoms with Gasteiger partial charge in [-0.05, 0) is 61.9 Å². The highest BCUT2D eigenvalue weighted by molar-refractivity contribution is 6.04. The molecule has 1 aliphatic rings. The molecule has 1 aliphatic heterocycles. The van der Waals surface area contributed by atoms with Gasteiger partial charge in [-0.15, -0.1) is 0 Å². The Morgan fingerprint density at radius 1 is 1.00 bits per heavy atom. The number of fused-ring (bicyclic) bond motifs is 1. The van der Waals surface area contributed by atoms with Gasteiger partial charge in [0.15, 0.2) is 11.5 Å². The summed E-state index contributed by atoms with van der Waals surface area (Å²) in [6.45, 7) is 4.95. The predicted octanol–water partition coefficient (Wildman–Crippen LogP) is 4.95. The minimum atomic E-state index is -0.228. The van der Waals surface area contributed by atoms with Gasteiger partial charge in [0, 0.05) is 22.9 Å². The number of nitrogens with one attached hydrogen (secondary N) is 1. The zero-order valence-corrected chi connectivity index (χ0v) is 16.9. The third-order valence-corrected chi connectivity index (χ3v) is 4.64. The fourth-order valence-corrected chi connectivity index (χ4v) is 3.17. The summed E-state index contributed by atoms with van der Waals surface area (Å²) in [6, 6.07) is 18.5. The van der Waals surface area contributed by atoms with Crippen molar-refractivity contribution in [2.45, 2.75) is 20.5 Å². The number of hydrogen-bond acceptors (Lipinski definition) is 5. The van der Waals surface area contributed by atoms with E-state index >= 15 is 0 Å². The second-order valence-electron chi connectivity index (χ2n) is 6.88. The number of carbonyl (C=O) groups excluding carboxylic acids is 1. The molecule has 1 amide bonds. The maximum atomic E-state index is 12.8. The van der Waals surface area contributed by atoms with Gasteiger partial charge in [0.1, 0.15) is 18.1 Å². The Hall–Kier alpha value is -3.67. The Morgan fingerprint density at radius 2 is 1.87 bits per heavy atom. The monoisotopic (exact) mass is 405 g/mol. The van der Waals surface area contributed by atoms with Crippen molar-refractivity contribution in [2.75, 3.05) is 18.7 Å². The van der Waals surface area contributed by atoms with E-state index in [0.717, 1.165) is 16.9 Å². The van der Waals surface area contributed by atoms with Gasteiger partial charge in [-0.1, -0.05) is 12.1 Å². The first-order valence-corrected chi connectivity index (χ1v) is 9.78. The molecule has 0 saturated carbocycles. The molecule has 1 heterocycles. The second kappa shape index (κ2) is 8.78. The predicted molar refractivity (Wildman–Crippen MR) is 114 cm³/mol. The van der Waals surface area contributed by atoms with E-state index in [4.69, 9.17) is 18.9 Å². The van der Waals surface area contributed by atoms with Crippen LogP contribution in [0.4, 0.5) is 5.69 Å². The van der Waals surface area contributed by atoms with E-state index in [1.807, 2.05) is 38.1 Å². The smallest absolute Gasteiger partial charge is 0.255 e. The topological polar surface area (TPSA) is 66.0 Å². The average molecular weight is 405 g/mol. The normalized spacial score (nSPS) is 11.8. The van der Waals surface area contributed by atoms with Crippen LogP contribution in [-0.2, 0) is 6.61 Å². The third-order valence-electron chi connectivity index (χ3n) is 4.64. The van der Waals surface area contributed by atoms with Gasteiger partial charge in [0.25, 0.3) is 5.91 Å². The number of benzene rings is 3. The molecule has 0 fully saturated rings. The molecule has 0 unspecified atom stereocenters. The van der Waals surface area contributed by atoms with Crippen LogP contribution in [0.1, 0.15) is 28.4 Å². The molecule has 0 radical (unpaired) electrons. The van der Waals surface area contributed by atoms with Gasteiger partial charge in [0.2, 0.25) is 6.79 Å². The third kappa shape index (κ3) is 4.49. The quantitative estimate of drug-likeness (QED) is 0.602. The molecule has 6 heteroatoms. The molecule has 30 heavy (non-hydrogen) atoms. The van der Waals surface area contributed by atoms with Gasteiger partial charge in [0.05, 0.1) is 6.61 Å². The first kappa shape index (κ1) is 19.6. The lowest BCUT2D eigenvalue weighted by atomic mass is 10.1. The van der Waals surface area contributed by atoms with Crippen LogP contribution in [-0.4, -0.2) is 19.3 Å². The average Bonchev–Trinajstić information content (AvgIpc) is 3.21. The Balaban J connectivity index is 1.51. The zero-order chi connectivity index (χ0) is 20.9. The summed E-state index contributed by atoms with van der Waals surface area (Å²) in [6.07, 6.45) is 0. The van der Waals surface area contributed by atoms with E-state index in [9.17, 15) is 4.79 Å². The molecular weight excluding hydrogens is 382 g/mol. The van der Waals surface area contributed by atoms with Gasteiger partial charge in [-0.2, -0.15) is 0 Å². The van der Waals surface area contributed by atoms with Gasteiger partial charge >= 0.3 is 0 Å². The second-order valence-corrected chi connectivity index (χ2v) is 6.88. The molecular formula is C24H23NO5. The molecule has 0 aliphatic carbocycles. The number of amides is 1. The maximum Gasteiger partial charge on any atom is 0.255 e. The fraction of sp³-hybridized carbons (Fsp3) is 0.208. The Morgan fingerprint density at radius 3 is 2.70 bits per heavy atom. The van der Waals surface area contributed by atoms with Gasteiger partial charge in [-0.3, -0.25) is 4.79 Å². The van der Waals surface area contributed by atoms with Crippen LogP contribution in [0.5, 0.6) is 23.0 Å². The van der Waals surface area contributed by atoms with Crippen molar-refractivity contribution < 1.29 is 23.7 Å². The number of carbonyl (C=O) groups is 1. The summed E-state index contributed by atoms with van der Waals surface area (Å²) in [4.78, 5) is 12.8. The molecule has 0 atom stereocenters. The summed E-state index contributed by atoms with van der Waals surface area (Å²) >= 11 is 0. The number of ether oxygens (including phenoxy) is 4. The molecule has 0 aromatic heterocycles. The van der Waals surface area contributed by atoms with E-state index in [-0.39, 0.29) is 12.7 Å². The molecule has 3 aromatic rings. The maximum absolute atomic E-state index is 12.8. The summed E-state index contributed by atoms with van der Waals surface area (Å²) in [7, 11) is 0. The summed E-state index contributed by atoms with van der Waals surface area (Å²) < 4.78 is 22.3. The summed E-state index contributed by atoms with van der Waals surface area (Å²) in [5.74, 6) is 2.53. The SMILES string of the molecule is CCOc1ccc(C(=O)Nc2ccc3c(c2)OCO3)cc1COc1cccc(C)c1. The number of hydrogen-bond donors (Lipinski definition) is 1. The summed E-state index contributed by atoms with van der Waals surface area (Å²) in [5.41, 5.74) is 3.07. The van der Waals surface area contributed by atoms with Crippen molar-refractivity contribution in [1.29, 1.82) is 0 Å². The number of aryl methyl sites for hydroxylation is 1. The molecule has 3 aromatic carbocycles. The molecule has 0 bridgehead atoms. The number of anilines is 1. The lowest BCUT2D eigenvalue weighted by molar-refractivity contribution is 0.102. The van der Waals surface area contributed by atoms with Crippen molar-refractivity contribution >= 4 is 11.6 Å². The van der Waals surface area contributed by atoms with E-state index in [0.29, 0.717) is 41.7 Å². The van der Waals surface area contributed by atoms with E-state index in [1.54, 1.807) is 36.4 Å². The van der Waals surface area contributed by atoms with Crippen LogP contribution in [0.25, 0.3) is 0 Å². The van der Waals surface area contributed by atoms with Crippen LogP contribution < -0.4 is 24.3 Å². The number of rotatable bonds is 7. The lowest BCUT2D eigenvalue weighted by Gasteiger charge is -2.14. The van der Waals surface area contributed by atoms with Crippen LogP contribution >= 0.6 is 0 Å². The van der Waals surface area contributed by atoms with E-state index in [1.165, 1.54) is 0 Å². The summed E-state index contributed by atoms with van der Waals surface area (Å²) in [5, 5.41) is 2.89. The van der Waals surface area contributed by atoms with Gasteiger partial charge in [-0.25, -0.2) is 0 Å². The van der Waals surface area contributed by atoms with Crippen LogP contribution in [0.15, 0.2) is 60.7 Å². The van der Waals surface area contributed by atoms with Crippen LogP contribution in [0.2, 0.25) is 0 Å². The molecule has 1 N–H and O–H groups in total. The Bertz CT molecular complexity index is 1060. The lowest BCUT2D eigenvalue weighted by Crippen LogP contribution is -2.13. The van der Waals surface area contributed by atoms with E-state index in [2.05, 4.69) is 5.32 Å². The first-order valence-electron chi connectivity index (χ1n) is 9.78. The largest absolute Gasteiger partial charge is 0.493 e. The molecule has 0 spiro atoms. The fourth-order valence-electron chi connectivity index (χ4n) is 3.17. The standard InChI is InChI=1S/C24H23NO5/c1-3-27-21-9-7-17(12-18(21)14-28-20-6-4-5-16(2)11-20)24(26)25-19-8-10-22-23(13-19)30-15-29-22/h4-13H,3,14-15H2,1-2H3,(H,25,26). The first-order chi connectivity index (χ1) is 14.6. The van der Waals surface area contributed by atoms with Crippen molar-refractivity contribution in [1.82, 2.24) is 0 Å². The van der Waals surface area contributed by atoms with Gasteiger partial charge < -0.3 is 24.3 Å². The highest BCUT2D eigenvalue weighted by Crippen LogP contribution is 2.34. The minimum absolute atomic E-state index is 0.190. The highest BCUT2D eigenvalue weighted by Gasteiger charge is 2.16. The molecule has 4 rings (SSSR count). The van der Waals surface area contributed by atoms with Crippen LogP contribution in [0, 0.1) is 6.92 Å². The van der Waals surface area contributed by atoms with Crippen LogP contribution in [0.3, 0.4) is 0 Å². The zero-order valence-electron chi connectivity index (χ0n) is 16.9. The van der Waals surface area contributed by atoms with Crippen molar-refractivity contribution in [3.05, 3.63) is 77.4 Å². The highest BCUT2D eigenvalue weighted by atomic mass is 16.7. The molecule has 0 saturated heterocycles. The Labute approximate surface area is 175 Å². The molecule has 6 nitrogen and oxygen atoms in total.